The van der Waals surface area contributed by atoms with Crippen molar-refractivity contribution in [3.05, 3.63) is 0 Å². The number of nitrogens with one attached hydrogen (secondary N) is 1. The molecule has 1 heterocycles. The number of hydrogen-bond acceptors (Lipinski definition) is 7. The van der Waals surface area contributed by atoms with Crippen LogP contribution in [-0.2, 0) is 28.6 Å². The molecule has 0 aliphatic carbocycles. The average molecular weight is 344 g/mol. The second kappa shape index (κ2) is 7.98. The molecule has 2 atom stereocenters. The Morgan fingerprint density at radius 2 is 1.71 bits per heavy atom. The molecule has 0 bridgehead atoms. The van der Waals surface area contributed by atoms with E-state index in [4.69, 9.17) is 9.47 Å². The van der Waals surface area contributed by atoms with Crippen LogP contribution in [0.3, 0.4) is 0 Å². The van der Waals surface area contributed by atoms with E-state index in [9.17, 15) is 19.2 Å². The van der Waals surface area contributed by atoms with E-state index in [1.54, 1.807) is 20.8 Å². The predicted octanol–water partition coefficient (Wildman–Crippen LogP) is 0.0742. The van der Waals surface area contributed by atoms with Gasteiger partial charge in [0, 0.05) is 13.1 Å². The summed E-state index contributed by atoms with van der Waals surface area (Å²) in [6.45, 7) is 5.34. The molecule has 1 saturated heterocycles. The van der Waals surface area contributed by atoms with Crippen molar-refractivity contribution in [3.8, 4) is 0 Å². The van der Waals surface area contributed by atoms with Gasteiger partial charge in [-0.1, -0.05) is 0 Å². The number of amides is 2. The first-order chi connectivity index (χ1) is 11.1. The van der Waals surface area contributed by atoms with Gasteiger partial charge in [0.1, 0.15) is 12.0 Å². The van der Waals surface area contributed by atoms with Crippen LogP contribution >= 0.6 is 0 Å². The highest BCUT2D eigenvalue weighted by molar-refractivity contribution is 5.94. The lowest BCUT2D eigenvalue weighted by molar-refractivity contribution is -0.145. The van der Waals surface area contributed by atoms with Gasteiger partial charge in [-0.2, -0.15) is 0 Å². The topological polar surface area (TPSA) is 111 Å². The maximum atomic E-state index is 12.1. The zero-order valence-electron chi connectivity index (χ0n) is 14.6. The van der Waals surface area contributed by atoms with Crippen LogP contribution in [-0.4, -0.2) is 67.8 Å². The van der Waals surface area contributed by atoms with E-state index in [-0.39, 0.29) is 13.1 Å². The first kappa shape index (κ1) is 19.7. The minimum Gasteiger partial charge on any atom is -0.469 e. The number of hydrogen-bond donors (Lipinski definition) is 1. The number of nitrogens with zero attached hydrogens (tertiary/aromatic N) is 1. The van der Waals surface area contributed by atoms with Gasteiger partial charge in [0.05, 0.1) is 26.2 Å². The molecular formula is C15H24N2O7. The smallest absolute Gasteiger partial charge is 0.410 e. The van der Waals surface area contributed by atoms with Crippen LogP contribution in [0.5, 0.6) is 0 Å². The SMILES string of the molecule is COC(=O)CC(=O)NC1CN(C(=O)OC(C)(C)C)CC1C(=O)OC. The first-order valence-electron chi connectivity index (χ1n) is 7.49. The molecule has 0 spiro atoms. The van der Waals surface area contributed by atoms with Crippen LogP contribution in [0.2, 0.25) is 0 Å². The van der Waals surface area contributed by atoms with Crippen molar-refractivity contribution in [2.75, 3.05) is 27.3 Å². The van der Waals surface area contributed by atoms with E-state index in [2.05, 4.69) is 10.1 Å². The van der Waals surface area contributed by atoms with Gasteiger partial charge in [0.15, 0.2) is 0 Å². The first-order valence-corrected chi connectivity index (χ1v) is 7.49. The van der Waals surface area contributed by atoms with Gasteiger partial charge in [-0.15, -0.1) is 0 Å². The second-order valence-electron chi connectivity index (χ2n) is 6.44. The average Bonchev–Trinajstić information content (AvgIpc) is 2.88. The number of methoxy groups -OCH3 is 2. The standard InChI is InChI=1S/C15H24N2O7/c1-15(2,3)24-14(21)17-7-9(13(20)23-5)10(8-17)16-11(18)6-12(19)22-4/h9-10H,6-8H2,1-5H3,(H,16,18). The van der Waals surface area contributed by atoms with Gasteiger partial charge >= 0.3 is 18.0 Å². The Hall–Kier alpha value is -2.32. The maximum Gasteiger partial charge on any atom is 0.410 e. The molecule has 1 fully saturated rings. The third-order valence-corrected chi connectivity index (χ3v) is 3.35. The van der Waals surface area contributed by atoms with Crippen LogP contribution in [0, 0.1) is 5.92 Å². The Morgan fingerprint density at radius 3 is 2.21 bits per heavy atom. The summed E-state index contributed by atoms with van der Waals surface area (Å²) in [7, 11) is 2.40. The van der Waals surface area contributed by atoms with Gasteiger partial charge in [0.25, 0.3) is 0 Å². The Bertz CT molecular complexity index is 512. The fraction of sp³-hybridized carbons (Fsp3) is 0.733. The van der Waals surface area contributed by atoms with Gasteiger partial charge < -0.3 is 24.4 Å². The molecule has 0 aromatic rings. The molecule has 0 saturated carbocycles. The largest absolute Gasteiger partial charge is 0.469 e. The minimum absolute atomic E-state index is 0.0603. The Kier molecular flexibility index (Phi) is 6.56. The zero-order chi connectivity index (χ0) is 18.5. The van der Waals surface area contributed by atoms with Gasteiger partial charge in [0.2, 0.25) is 5.91 Å². The summed E-state index contributed by atoms with van der Waals surface area (Å²) in [5, 5.41) is 2.57. The molecule has 0 aromatic heterocycles. The molecule has 136 valence electrons. The summed E-state index contributed by atoms with van der Waals surface area (Å²) >= 11 is 0. The number of rotatable bonds is 4. The lowest BCUT2D eigenvalue weighted by Gasteiger charge is -2.24. The molecule has 2 amide bonds. The van der Waals surface area contributed by atoms with Crippen molar-refractivity contribution in [2.45, 2.75) is 38.8 Å². The summed E-state index contributed by atoms with van der Waals surface area (Å²) in [4.78, 5) is 48.3. The van der Waals surface area contributed by atoms with Gasteiger partial charge in [-0.25, -0.2) is 4.79 Å². The third kappa shape index (κ3) is 5.71. The normalized spacial score (nSPS) is 20.3. The number of ether oxygens (including phenoxy) is 3. The van der Waals surface area contributed by atoms with E-state index in [1.807, 2.05) is 0 Å². The molecule has 1 rings (SSSR count). The molecule has 9 heteroatoms. The molecule has 24 heavy (non-hydrogen) atoms. The summed E-state index contributed by atoms with van der Waals surface area (Å²) in [6, 6.07) is -0.665. The van der Waals surface area contributed by atoms with Gasteiger partial charge in [-0.3, -0.25) is 14.4 Å². The number of carbonyl (C=O) groups is 4. The highest BCUT2D eigenvalue weighted by Crippen LogP contribution is 2.21. The summed E-state index contributed by atoms with van der Waals surface area (Å²) < 4.78 is 14.4. The predicted molar refractivity (Wildman–Crippen MR) is 81.9 cm³/mol. The lowest BCUT2D eigenvalue weighted by atomic mass is 10.0. The van der Waals surface area contributed by atoms with Crippen molar-refractivity contribution in [3.63, 3.8) is 0 Å². The Labute approximate surface area is 140 Å². The molecule has 1 aliphatic rings. The van der Waals surface area contributed by atoms with Crippen molar-refractivity contribution in [2.24, 2.45) is 5.92 Å². The van der Waals surface area contributed by atoms with Crippen molar-refractivity contribution < 1.29 is 33.4 Å². The van der Waals surface area contributed by atoms with Crippen LogP contribution in [0.1, 0.15) is 27.2 Å². The maximum absolute atomic E-state index is 12.1. The van der Waals surface area contributed by atoms with Crippen LogP contribution in [0.25, 0.3) is 0 Å². The van der Waals surface area contributed by atoms with Crippen molar-refractivity contribution in [1.82, 2.24) is 10.2 Å². The number of esters is 2. The van der Waals surface area contributed by atoms with E-state index >= 15 is 0 Å². The Balaban J connectivity index is 2.77. The summed E-state index contributed by atoms with van der Waals surface area (Å²) in [6.07, 6.45) is -1.05. The molecule has 1 aliphatic heterocycles. The van der Waals surface area contributed by atoms with E-state index < -0.39 is 47.9 Å². The third-order valence-electron chi connectivity index (χ3n) is 3.35. The highest BCUT2D eigenvalue weighted by atomic mass is 16.6. The quantitative estimate of drug-likeness (QED) is 0.436. The lowest BCUT2D eigenvalue weighted by Crippen LogP contribution is -2.44. The molecular weight excluding hydrogens is 320 g/mol. The van der Waals surface area contributed by atoms with E-state index in [0.717, 1.165) is 0 Å². The number of carbonyl (C=O) groups excluding carboxylic acids is 4. The van der Waals surface area contributed by atoms with Gasteiger partial charge in [-0.05, 0) is 20.8 Å². The summed E-state index contributed by atoms with van der Waals surface area (Å²) in [5.41, 5.74) is -0.677. The molecule has 0 radical (unpaired) electrons. The molecule has 1 N–H and O–H groups in total. The van der Waals surface area contributed by atoms with Crippen LogP contribution in [0.4, 0.5) is 4.79 Å². The second-order valence-corrected chi connectivity index (χ2v) is 6.44. The van der Waals surface area contributed by atoms with E-state index in [1.165, 1.54) is 19.1 Å². The summed E-state index contributed by atoms with van der Waals surface area (Å²) in [5.74, 6) is -2.57. The highest BCUT2D eigenvalue weighted by Gasteiger charge is 2.42. The zero-order valence-corrected chi connectivity index (χ0v) is 14.6. The van der Waals surface area contributed by atoms with Crippen molar-refractivity contribution in [1.29, 1.82) is 0 Å². The van der Waals surface area contributed by atoms with Crippen molar-refractivity contribution >= 4 is 23.9 Å². The van der Waals surface area contributed by atoms with E-state index in [0.29, 0.717) is 0 Å². The Morgan fingerprint density at radius 1 is 1.08 bits per heavy atom. The number of likely N-dealkylation sites (tertiary alicyclic amines) is 1. The molecule has 0 aromatic carbocycles. The fourth-order valence-electron chi connectivity index (χ4n) is 2.28. The molecule has 2 unspecified atom stereocenters. The fourth-order valence-corrected chi connectivity index (χ4v) is 2.28. The minimum atomic E-state index is -0.732. The molecule has 9 nitrogen and oxygen atoms in total. The monoisotopic (exact) mass is 344 g/mol. The van der Waals surface area contributed by atoms with Crippen LogP contribution < -0.4 is 5.32 Å². The van der Waals surface area contributed by atoms with Crippen LogP contribution in [0.15, 0.2) is 0 Å².